The molecule has 2 amide bonds. The van der Waals surface area contributed by atoms with E-state index in [1.54, 1.807) is 12.3 Å². The summed E-state index contributed by atoms with van der Waals surface area (Å²) in [6.07, 6.45) is -1.71. The molecule has 9 nitrogen and oxygen atoms in total. The molecular formula is C27H32F5N7O2S. The van der Waals surface area contributed by atoms with E-state index in [2.05, 4.69) is 25.3 Å². The van der Waals surface area contributed by atoms with Gasteiger partial charge in [0.05, 0.1) is 41.5 Å². The van der Waals surface area contributed by atoms with Crippen molar-refractivity contribution >= 4 is 29.0 Å². The van der Waals surface area contributed by atoms with Crippen molar-refractivity contribution in [3.8, 4) is 0 Å². The highest BCUT2D eigenvalue weighted by Gasteiger charge is 2.40. The molecule has 0 radical (unpaired) electrons. The molecule has 0 bridgehead atoms. The van der Waals surface area contributed by atoms with Crippen molar-refractivity contribution in [1.29, 1.82) is 0 Å². The maximum Gasteiger partial charge on any atom is 0.389 e. The minimum Gasteiger partial charge on any atom is -0.349 e. The number of amides is 2. The van der Waals surface area contributed by atoms with E-state index in [4.69, 9.17) is 4.98 Å². The molecule has 228 valence electrons. The molecule has 2 aliphatic rings. The number of rotatable bonds is 10. The number of nitrogens with zero attached hydrogens (tertiary/aromatic N) is 5. The predicted octanol–water partition coefficient (Wildman–Crippen LogP) is 5.91. The lowest BCUT2D eigenvalue weighted by atomic mass is 9.81. The Bertz CT molecular complexity index is 1430. The number of aromatic nitrogens is 5. The van der Waals surface area contributed by atoms with Gasteiger partial charge in [-0.2, -0.15) is 18.3 Å². The van der Waals surface area contributed by atoms with E-state index in [-0.39, 0.29) is 49.1 Å². The molecule has 42 heavy (non-hydrogen) atoms. The quantitative estimate of drug-likeness (QED) is 0.275. The second-order valence-corrected chi connectivity index (χ2v) is 12.3. The fourth-order valence-electron chi connectivity index (χ4n) is 5.41. The van der Waals surface area contributed by atoms with Crippen LogP contribution in [0.4, 0.5) is 22.0 Å². The summed E-state index contributed by atoms with van der Waals surface area (Å²) < 4.78 is 71.2. The van der Waals surface area contributed by atoms with E-state index in [0.717, 1.165) is 24.4 Å². The molecule has 2 fully saturated rings. The lowest BCUT2D eigenvalue weighted by molar-refractivity contribution is -0.144. The number of carbonyl (C=O) groups is 2. The first kappa shape index (κ1) is 30.2. The maximum atomic E-state index is 14.0. The van der Waals surface area contributed by atoms with Crippen LogP contribution in [0.15, 0.2) is 18.5 Å². The van der Waals surface area contributed by atoms with Gasteiger partial charge in [0.2, 0.25) is 11.8 Å². The standard InChI is InChI=1S/C27H32F5N7O2S/c1-14(2)24-23(37-38-42-24)25(41)36-22(16-5-8-26(28,29)9-6-16)18-13-39-19(34-18)11-17(12-33-39)21(15-3-4-15)35-20(40)7-10-27(30,31)32/h11-16,21-22H,3-10H2,1-2H3,(H,35,40)(H,36,41)/t21?,22-/m0/s1. The average molecular weight is 614 g/mol. The van der Waals surface area contributed by atoms with Crippen molar-refractivity contribution in [3.05, 3.63) is 40.3 Å². The summed E-state index contributed by atoms with van der Waals surface area (Å²) in [6.45, 7) is 3.84. The van der Waals surface area contributed by atoms with Crippen molar-refractivity contribution in [1.82, 2.24) is 34.8 Å². The van der Waals surface area contributed by atoms with Gasteiger partial charge >= 0.3 is 6.18 Å². The topological polar surface area (TPSA) is 114 Å². The molecule has 5 rings (SSSR count). The Labute approximate surface area is 242 Å². The minimum atomic E-state index is -4.42. The normalized spacial score (nSPS) is 19.1. The van der Waals surface area contributed by atoms with Crippen molar-refractivity contribution < 1.29 is 31.5 Å². The second-order valence-electron chi connectivity index (χ2n) is 11.5. The Morgan fingerprint density at radius 3 is 2.43 bits per heavy atom. The van der Waals surface area contributed by atoms with Gasteiger partial charge < -0.3 is 10.6 Å². The van der Waals surface area contributed by atoms with Gasteiger partial charge in [-0.1, -0.05) is 18.3 Å². The molecule has 3 aromatic rings. The van der Waals surface area contributed by atoms with Crippen molar-refractivity contribution in [2.45, 2.75) is 95.3 Å². The van der Waals surface area contributed by atoms with Gasteiger partial charge in [0.15, 0.2) is 11.3 Å². The molecule has 3 aromatic heterocycles. The largest absolute Gasteiger partial charge is 0.389 e. The summed E-state index contributed by atoms with van der Waals surface area (Å²) in [7, 11) is 0. The molecular weight excluding hydrogens is 581 g/mol. The summed E-state index contributed by atoms with van der Waals surface area (Å²) in [5, 5.41) is 14.1. The number of nitrogens with one attached hydrogen (secondary N) is 2. The molecule has 2 aliphatic carbocycles. The van der Waals surface area contributed by atoms with Gasteiger partial charge in [-0.05, 0) is 66.6 Å². The summed E-state index contributed by atoms with van der Waals surface area (Å²) in [5.41, 5.74) is 1.64. The Kier molecular flexibility index (Phi) is 8.50. The van der Waals surface area contributed by atoms with Gasteiger partial charge in [-0.15, -0.1) is 5.10 Å². The van der Waals surface area contributed by atoms with Crippen LogP contribution in [0, 0.1) is 11.8 Å². The molecule has 1 unspecified atom stereocenters. The molecule has 0 saturated heterocycles. The van der Waals surface area contributed by atoms with Crippen LogP contribution >= 0.6 is 11.5 Å². The Hall–Kier alpha value is -3.23. The van der Waals surface area contributed by atoms with Crippen LogP contribution in [-0.2, 0) is 4.79 Å². The monoisotopic (exact) mass is 613 g/mol. The molecule has 0 aliphatic heterocycles. The molecule has 2 saturated carbocycles. The number of hydrogen-bond acceptors (Lipinski definition) is 7. The number of hydrogen-bond donors (Lipinski definition) is 2. The third-order valence-electron chi connectivity index (χ3n) is 7.86. The third-order valence-corrected chi connectivity index (χ3v) is 8.88. The van der Waals surface area contributed by atoms with Crippen LogP contribution in [0.3, 0.4) is 0 Å². The molecule has 2 N–H and O–H groups in total. The zero-order chi connectivity index (χ0) is 30.2. The minimum absolute atomic E-state index is 0.0174. The molecule has 15 heteroatoms. The van der Waals surface area contributed by atoms with E-state index in [0.29, 0.717) is 21.8 Å². The molecule has 3 heterocycles. The summed E-state index contributed by atoms with van der Waals surface area (Å²) in [6, 6.07) is 0.506. The highest BCUT2D eigenvalue weighted by Crippen LogP contribution is 2.43. The first-order valence-corrected chi connectivity index (χ1v) is 14.8. The Morgan fingerprint density at radius 2 is 1.79 bits per heavy atom. The second kappa shape index (κ2) is 11.8. The molecule has 0 aromatic carbocycles. The van der Waals surface area contributed by atoms with Crippen molar-refractivity contribution in [2.75, 3.05) is 0 Å². The van der Waals surface area contributed by atoms with E-state index in [1.807, 2.05) is 13.8 Å². The lowest BCUT2D eigenvalue weighted by Crippen LogP contribution is -2.37. The Balaban J connectivity index is 1.40. The number of carbonyl (C=O) groups excluding carboxylic acids is 2. The molecule has 2 atom stereocenters. The zero-order valence-electron chi connectivity index (χ0n) is 23.1. The van der Waals surface area contributed by atoms with Gasteiger partial charge in [0.1, 0.15) is 0 Å². The van der Waals surface area contributed by atoms with Crippen LogP contribution in [0.5, 0.6) is 0 Å². The summed E-state index contributed by atoms with van der Waals surface area (Å²) in [4.78, 5) is 31.0. The number of halogens is 5. The van der Waals surface area contributed by atoms with E-state index in [1.165, 1.54) is 10.7 Å². The highest BCUT2D eigenvalue weighted by atomic mass is 32.1. The molecule has 0 spiro atoms. The Morgan fingerprint density at radius 1 is 1.10 bits per heavy atom. The number of alkyl halides is 5. The van der Waals surface area contributed by atoms with E-state index >= 15 is 0 Å². The summed E-state index contributed by atoms with van der Waals surface area (Å²) >= 11 is 1.13. The van der Waals surface area contributed by atoms with E-state index in [9.17, 15) is 31.5 Å². The average Bonchev–Trinajstić information content (AvgIpc) is 3.47. The first-order valence-electron chi connectivity index (χ1n) is 14.0. The van der Waals surface area contributed by atoms with Gasteiger partial charge in [0.25, 0.3) is 5.91 Å². The third kappa shape index (κ3) is 7.21. The first-order chi connectivity index (χ1) is 19.8. The maximum absolute atomic E-state index is 14.0. The van der Waals surface area contributed by atoms with Crippen LogP contribution in [0.2, 0.25) is 0 Å². The van der Waals surface area contributed by atoms with Crippen molar-refractivity contribution in [3.63, 3.8) is 0 Å². The van der Waals surface area contributed by atoms with Gasteiger partial charge in [0, 0.05) is 19.3 Å². The zero-order valence-corrected chi connectivity index (χ0v) is 23.9. The van der Waals surface area contributed by atoms with Crippen LogP contribution in [0.25, 0.3) is 5.65 Å². The van der Waals surface area contributed by atoms with Crippen LogP contribution in [0.1, 0.15) is 110 Å². The fourth-order valence-corrected chi connectivity index (χ4v) is 6.05. The number of fused-ring (bicyclic) bond motifs is 1. The highest BCUT2D eigenvalue weighted by molar-refractivity contribution is 7.05. The van der Waals surface area contributed by atoms with Gasteiger partial charge in [-0.3, -0.25) is 9.59 Å². The fraction of sp³-hybridized carbons (Fsp3) is 0.630. The summed E-state index contributed by atoms with van der Waals surface area (Å²) in [5.74, 6) is -4.12. The number of imidazole rings is 1. The van der Waals surface area contributed by atoms with Gasteiger partial charge in [-0.25, -0.2) is 18.3 Å². The van der Waals surface area contributed by atoms with Crippen LogP contribution in [-0.4, -0.2) is 48.1 Å². The SMILES string of the molecule is CC(C)c1snnc1C(=O)N[C@H](c1cn2ncc(C(NC(=O)CCC(F)(F)F)C3CC3)cc2n1)C1CCC(F)(F)CC1. The smallest absolute Gasteiger partial charge is 0.349 e. The lowest BCUT2D eigenvalue weighted by Gasteiger charge is -2.33. The van der Waals surface area contributed by atoms with Crippen LogP contribution < -0.4 is 10.6 Å². The predicted molar refractivity (Wildman–Crippen MR) is 143 cm³/mol. The van der Waals surface area contributed by atoms with E-state index < -0.39 is 48.8 Å². The van der Waals surface area contributed by atoms with Crippen molar-refractivity contribution in [2.24, 2.45) is 11.8 Å².